The molecule has 0 aromatic carbocycles. The lowest BCUT2D eigenvalue weighted by molar-refractivity contribution is -0.117. The molecule has 1 atom stereocenters. The van der Waals surface area contributed by atoms with Crippen molar-refractivity contribution in [3.05, 3.63) is 36.8 Å². The maximum atomic E-state index is 11.3. The van der Waals surface area contributed by atoms with Crippen molar-refractivity contribution in [2.75, 3.05) is 13.2 Å². The van der Waals surface area contributed by atoms with Crippen molar-refractivity contribution in [1.29, 1.82) is 0 Å². The van der Waals surface area contributed by atoms with Crippen LogP contribution in [0.15, 0.2) is 35.5 Å². The number of hydrogen-bond donors (Lipinski definition) is 1. The second-order valence-corrected chi connectivity index (χ2v) is 4.21. The quantitative estimate of drug-likeness (QED) is 0.740. The Morgan fingerprint density at radius 3 is 2.88 bits per heavy atom. The number of nitrogens with one attached hydrogen (secondary N) is 1. The summed E-state index contributed by atoms with van der Waals surface area (Å²) in [4.78, 5) is 11.3. The summed E-state index contributed by atoms with van der Waals surface area (Å²) >= 11 is 0. The zero-order chi connectivity index (χ0) is 12.7. The fourth-order valence-corrected chi connectivity index (χ4v) is 1.34. The maximum absolute atomic E-state index is 11.3. The molecule has 0 aliphatic heterocycles. The van der Waals surface area contributed by atoms with E-state index in [1.165, 1.54) is 6.08 Å². The Morgan fingerprint density at radius 1 is 1.59 bits per heavy atom. The Morgan fingerprint density at radius 2 is 2.35 bits per heavy atom. The van der Waals surface area contributed by atoms with Crippen LogP contribution in [0.1, 0.15) is 25.6 Å². The molecule has 0 saturated heterocycles. The highest BCUT2D eigenvalue weighted by atomic mass is 16.5. The van der Waals surface area contributed by atoms with Gasteiger partial charge in [0.2, 0.25) is 5.91 Å². The lowest BCUT2D eigenvalue weighted by Gasteiger charge is -2.16. The Bertz CT molecular complexity index is 344. The summed E-state index contributed by atoms with van der Waals surface area (Å²) in [5, 5.41) is 2.77. The van der Waals surface area contributed by atoms with Crippen LogP contribution in [0.25, 0.3) is 0 Å². The lowest BCUT2D eigenvalue weighted by Crippen LogP contribution is -2.30. The second-order valence-electron chi connectivity index (χ2n) is 4.21. The highest BCUT2D eigenvalue weighted by Gasteiger charge is 2.16. The van der Waals surface area contributed by atoms with Crippen LogP contribution < -0.4 is 5.32 Å². The van der Waals surface area contributed by atoms with E-state index in [-0.39, 0.29) is 11.9 Å². The van der Waals surface area contributed by atoms with Crippen molar-refractivity contribution in [2.45, 2.75) is 19.9 Å². The zero-order valence-electron chi connectivity index (χ0n) is 10.3. The normalized spacial score (nSPS) is 12.4. The summed E-state index contributed by atoms with van der Waals surface area (Å²) < 4.78 is 10.8. The smallest absolute Gasteiger partial charge is 0.244 e. The average Bonchev–Trinajstić information content (AvgIpc) is 2.80. The third kappa shape index (κ3) is 4.87. The van der Waals surface area contributed by atoms with Crippen LogP contribution in [0.3, 0.4) is 0 Å². The minimum atomic E-state index is -0.269. The van der Waals surface area contributed by atoms with E-state index in [1.54, 1.807) is 12.3 Å². The Labute approximate surface area is 102 Å². The van der Waals surface area contributed by atoms with Gasteiger partial charge in [-0.2, -0.15) is 0 Å². The maximum Gasteiger partial charge on any atom is 0.244 e. The third-order valence-electron chi connectivity index (χ3n) is 2.12. The van der Waals surface area contributed by atoms with Crippen LogP contribution in [-0.2, 0) is 9.53 Å². The minimum Gasteiger partial charge on any atom is -0.467 e. The first-order valence-corrected chi connectivity index (χ1v) is 5.67. The summed E-state index contributed by atoms with van der Waals surface area (Å²) in [6.45, 7) is 8.62. The predicted molar refractivity (Wildman–Crippen MR) is 65.4 cm³/mol. The molecule has 1 N–H and O–H groups in total. The topological polar surface area (TPSA) is 51.5 Å². The van der Waals surface area contributed by atoms with Crippen LogP contribution in [0.4, 0.5) is 0 Å². The molecule has 0 spiro atoms. The molecular formula is C13H19NO3. The fraction of sp³-hybridized carbons (Fsp3) is 0.462. The first-order chi connectivity index (χ1) is 8.13. The monoisotopic (exact) mass is 237 g/mol. The van der Waals surface area contributed by atoms with Gasteiger partial charge in [-0.1, -0.05) is 20.4 Å². The molecule has 1 amide bonds. The fourth-order valence-electron chi connectivity index (χ4n) is 1.34. The van der Waals surface area contributed by atoms with E-state index in [0.29, 0.717) is 24.9 Å². The molecule has 94 valence electrons. The van der Waals surface area contributed by atoms with Gasteiger partial charge in [0.1, 0.15) is 11.8 Å². The molecule has 1 aromatic rings. The first kappa shape index (κ1) is 13.5. The molecule has 0 fully saturated rings. The van der Waals surface area contributed by atoms with E-state index in [9.17, 15) is 4.79 Å². The molecular weight excluding hydrogens is 218 g/mol. The standard InChI is InChI=1S/C13H19NO3/c1-4-13(15)14-11(9-16-8-10(2)3)12-6-5-7-17-12/h4-7,10-11H,1,8-9H2,2-3H3,(H,14,15). The molecule has 0 radical (unpaired) electrons. The number of carbonyl (C=O) groups excluding carboxylic acids is 1. The van der Waals surface area contributed by atoms with Gasteiger partial charge in [-0.15, -0.1) is 0 Å². The highest BCUT2D eigenvalue weighted by Crippen LogP contribution is 2.14. The van der Waals surface area contributed by atoms with E-state index < -0.39 is 0 Å². The van der Waals surface area contributed by atoms with Crippen molar-refractivity contribution in [2.24, 2.45) is 5.92 Å². The molecule has 0 aliphatic rings. The molecule has 0 saturated carbocycles. The van der Waals surface area contributed by atoms with Gasteiger partial charge in [0.15, 0.2) is 0 Å². The SMILES string of the molecule is C=CC(=O)NC(COCC(C)C)c1ccco1. The lowest BCUT2D eigenvalue weighted by atomic mass is 10.2. The van der Waals surface area contributed by atoms with Crippen LogP contribution in [0.2, 0.25) is 0 Å². The summed E-state index contributed by atoms with van der Waals surface area (Å²) in [6, 6.07) is 3.33. The first-order valence-electron chi connectivity index (χ1n) is 5.67. The molecule has 1 heterocycles. The van der Waals surface area contributed by atoms with Gasteiger partial charge in [-0.3, -0.25) is 4.79 Å². The van der Waals surface area contributed by atoms with Gasteiger partial charge < -0.3 is 14.5 Å². The number of furan rings is 1. The number of ether oxygens (including phenoxy) is 1. The molecule has 1 rings (SSSR count). The van der Waals surface area contributed by atoms with Crippen molar-refractivity contribution >= 4 is 5.91 Å². The van der Waals surface area contributed by atoms with Gasteiger partial charge in [0, 0.05) is 6.61 Å². The van der Waals surface area contributed by atoms with Gasteiger partial charge in [-0.25, -0.2) is 0 Å². The van der Waals surface area contributed by atoms with Crippen LogP contribution >= 0.6 is 0 Å². The Balaban J connectivity index is 2.54. The van der Waals surface area contributed by atoms with Gasteiger partial charge in [0.25, 0.3) is 0 Å². The highest BCUT2D eigenvalue weighted by molar-refractivity contribution is 5.87. The summed E-state index contributed by atoms with van der Waals surface area (Å²) in [7, 11) is 0. The Hall–Kier alpha value is -1.55. The van der Waals surface area contributed by atoms with Crippen LogP contribution in [-0.4, -0.2) is 19.1 Å². The molecule has 1 aromatic heterocycles. The summed E-state index contributed by atoms with van der Waals surface area (Å²) in [5.74, 6) is 0.908. The van der Waals surface area contributed by atoms with Gasteiger partial charge in [-0.05, 0) is 24.1 Å². The predicted octanol–water partition coefficient (Wildman–Crippen LogP) is 2.30. The zero-order valence-corrected chi connectivity index (χ0v) is 10.3. The van der Waals surface area contributed by atoms with Crippen molar-refractivity contribution in [1.82, 2.24) is 5.32 Å². The largest absolute Gasteiger partial charge is 0.467 e. The van der Waals surface area contributed by atoms with Gasteiger partial charge >= 0.3 is 0 Å². The van der Waals surface area contributed by atoms with Crippen molar-refractivity contribution in [3.8, 4) is 0 Å². The van der Waals surface area contributed by atoms with Gasteiger partial charge in [0.05, 0.1) is 12.9 Å². The third-order valence-corrected chi connectivity index (χ3v) is 2.12. The van der Waals surface area contributed by atoms with E-state index >= 15 is 0 Å². The van der Waals surface area contributed by atoms with Crippen LogP contribution in [0, 0.1) is 5.92 Å². The summed E-state index contributed by atoms with van der Waals surface area (Å²) in [6.07, 6.45) is 2.81. The molecule has 1 unspecified atom stereocenters. The van der Waals surface area contributed by atoms with Crippen molar-refractivity contribution < 1.29 is 13.9 Å². The van der Waals surface area contributed by atoms with E-state index in [4.69, 9.17) is 9.15 Å². The number of rotatable bonds is 7. The molecule has 4 heteroatoms. The van der Waals surface area contributed by atoms with Crippen LogP contribution in [0.5, 0.6) is 0 Å². The van der Waals surface area contributed by atoms with E-state index in [1.807, 2.05) is 6.07 Å². The molecule has 4 nitrogen and oxygen atoms in total. The molecule has 0 bridgehead atoms. The molecule has 0 aliphatic carbocycles. The van der Waals surface area contributed by atoms with E-state index in [0.717, 1.165) is 0 Å². The summed E-state index contributed by atoms with van der Waals surface area (Å²) in [5.41, 5.74) is 0. The number of carbonyl (C=O) groups is 1. The van der Waals surface area contributed by atoms with E-state index in [2.05, 4.69) is 25.7 Å². The van der Waals surface area contributed by atoms with Crippen molar-refractivity contribution in [3.63, 3.8) is 0 Å². The Kier molecular flexibility index (Phi) is 5.49. The minimum absolute atomic E-state index is 0.237. The number of amides is 1. The second kappa shape index (κ2) is 6.91. The number of hydrogen-bond acceptors (Lipinski definition) is 3. The average molecular weight is 237 g/mol. The molecule has 17 heavy (non-hydrogen) atoms.